The summed E-state index contributed by atoms with van der Waals surface area (Å²) in [7, 11) is 0. The Morgan fingerprint density at radius 2 is 1.65 bits per heavy atom. The third-order valence-electron chi connectivity index (χ3n) is 3.53. The van der Waals surface area contributed by atoms with E-state index in [1.165, 1.54) is 27.8 Å². The zero-order chi connectivity index (χ0) is 14.7. The smallest absolute Gasteiger partial charge is 0.0579 e. The minimum atomic E-state index is 0.218. The Morgan fingerprint density at radius 3 is 2.20 bits per heavy atom. The first-order valence-corrected chi connectivity index (χ1v) is 7.46. The van der Waals surface area contributed by atoms with Crippen LogP contribution >= 0.6 is 11.6 Å². The van der Waals surface area contributed by atoms with Crippen molar-refractivity contribution in [3.8, 4) is 0 Å². The number of benzene rings is 2. The largest absolute Gasteiger partial charge is 0.307 e. The van der Waals surface area contributed by atoms with Crippen LogP contribution in [-0.4, -0.2) is 6.54 Å². The Labute approximate surface area is 127 Å². The van der Waals surface area contributed by atoms with Crippen molar-refractivity contribution in [3.63, 3.8) is 0 Å². The molecule has 1 nitrogen and oxygen atoms in total. The summed E-state index contributed by atoms with van der Waals surface area (Å²) in [6.07, 6.45) is 0. The van der Waals surface area contributed by atoms with Crippen molar-refractivity contribution in [1.82, 2.24) is 5.32 Å². The maximum Gasteiger partial charge on any atom is 0.0579 e. The van der Waals surface area contributed by atoms with E-state index in [4.69, 9.17) is 11.6 Å². The van der Waals surface area contributed by atoms with Crippen molar-refractivity contribution in [2.45, 2.75) is 33.7 Å². The van der Waals surface area contributed by atoms with Crippen LogP contribution in [0.15, 0.2) is 36.4 Å². The minimum Gasteiger partial charge on any atom is -0.307 e. The molecule has 0 radical (unpaired) electrons. The van der Waals surface area contributed by atoms with Gasteiger partial charge in [-0.1, -0.05) is 53.9 Å². The van der Waals surface area contributed by atoms with Gasteiger partial charge in [-0.2, -0.15) is 0 Å². The molecule has 20 heavy (non-hydrogen) atoms. The molecule has 106 valence electrons. The summed E-state index contributed by atoms with van der Waals surface area (Å²) in [6, 6.07) is 13.1. The quantitative estimate of drug-likeness (QED) is 0.838. The van der Waals surface area contributed by atoms with Gasteiger partial charge in [0.05, 0.1) is 6.04 Å². The fraction of sp³-hybridized carbons (Fsp3) is 0.333. The molecule has 0 aliphatic heterocycles. The van der Waals surface area contributed by atoms with Crippen molar-refractivity contribution >= 4 is 11.6 Å². The van der Waals surface area contributed by atoms with Gasteiger partial charge in [0, 0.05) is 5.02 Å². The van der Waals surface area contributed by atoms with Crippen LogP contribution in [0.4, 0.5) is 0 Å². The van der Waals surface area contributed by atoms with Crippen LogP contribution in [0, 0.1) is 20.8 Å². The average molecular weight is 288 g/mol. The van der Waals surface area contributed by atoms with Crippen molar-refractivity contribution in [1.29, 1.82) is 0 Å². The highest BCUT2D eigenvalue weighted by Gasteiger charge is 2.15. The fourth-order valence-corrected chi connectivity index (χ4v) is 2.98. The van der Waals surface area contributed by atoms with E-state index in [-0.39, 0.29) is 6.04 Å². The predicted octanol–water partition coefficient (Wildman–Crippen LogP) is 4.96. The molecule has 0 fully saturated rings. The van der Waals surface area contributed by atoms with Gasteiger partial charge in [-0.25, -0.2) is 0 Å². The van der Waals surface area contributed by atoms with Gasteiger partial charge in [-0.15, -0.1) is 0 Å². The number of rotatable bonds is 4. The van der Waals surface area contributed by atoms with Crippen molar-refractivity contribution in [2.24, 2.45) is 0 Å². The number of hydrogen-bond acceptors (Lipinski definition) is 1. The van der Waals surface area contributed by atoms with E-state index in [0.717, 1.165) is 11.6 Å². The standard InChI is InChI=1S/C18H22ClN/c1-5-20-18(15-9-12(2)8-13(3)10-15)17-7-6-16(19)11-14(17)4/h6-11,18,20H,5H2,1-4H3. The van der Waals surface area contributed by atoms with E-state index < -0.39 is 0 Å². The van der Waals surface area contributed by atoms with Crippen LogP contribution in [0.1, 0.15) is 40.8 Å². The SMILES string of the molecule is CCNC(c1cc(C)cc(C)c1)c1ccc(Cl)cc1C. The molecule has 0 bridgehead atoms. The molecular weight excluding hydrogens is 266 g/mol. The number of halogens is 1. The van der Waals surface area contributed by atoms with Crippen molar-refractivity contribution in [2.75, 3.05) is 6.54 Å². The number of aryl methyl sites for hydroxylation is 3. The molecule has 1 N–H and O–H groups in total. The molecule has 2 rings (SSSR count). The maximum atomic E-state index is 6.07. The molecule has 0 heterocycles. The van der Waals surface area contributed by atoms with E-state index in [9.17, 15) is 0 Å². The average Bonchev–Trinajstić information content (AvgIpc) is 2.35. The lowest BCUT2D eigenvalue weighted by molar-refractivity contribution is 0.627. The highest BCUT2D eigenvalue weighted by Crippen LogP contribution is 2.28. The molecular formula is C18H22ClN. The van der Waals surface area contributed by atoms with Crippen LogP contribution < -0.4 is 5.32 Å². The molecule has 0 saturated heterocycles. The summed E-state index contributed by atoms with van der Waals surface area (Å²) in [5.74, 6) is 0. The molecule has 0 spiro atoms. The Kier molecular flexibility index (Phi) is 4.85. The van der Waals surface area contributed by atoms with Gasteiger partial charge in [-0.05, 0) is 56.1 Å². The first kappa shape index (κ1) is 15.1. The first-order valence-electron chi connectivity index (χ1n) is 7.09. The molecule has 0 amide bonds. The second-order valence-corrected chi connectivity index (χ2v) is 5.85. The maximum absolute atomic E-state index is 6.07. The highest BCUT2D eigenvalue weighted by atomic mass is 35.5. The van der Waals surface area contributed by atoms with E-state index in [2.05, 4.69) is 57.3 Å². The second kappa shape index (κ2) is 6.43. The Hall–Kier alpha value is -1.31. The molecule has 2 aromatic carbocycles. The van der Waals surface area contributed by atoms with Gasteiger partial charge in [0.15, 0.2) is 0 Å². The van der Waals surface area contributed by atoms with Gasteiger partial charge in [0.2, 0.25) is 0 Å². The molecule has 0 saturated carbocycles. The Balaban J connectivity index is 2.49. The van der Waals surface area contributed by atoms with Crippen molar-refractivity contribution in [3.05, 3.63) is 69.2 Å². The van der Waals surface area contributed by atoms with Crippen LogP contribution in [0.5, 0.6) is 0 Å². The summed E-state index contributed by atoms with van der Waals surface area (Å²) < 4.78 is 0. The molecule has 2 aromatic rings. The van der Waals surface area contributed by atoms with Gasteiger partial charge < -0.3 is 5.32 Å². The first-order chi connectivity index (χ1) is 9.51. The molecule has 0 aliphatic rings. The molecule has 1 unspecified atom stereocenters. The Morgan fingerprint density at radius 1 is 1.00 bits per heavy atom. The molecule has 2 heteroatoms. The van der Waals surface area contributed by atoms with Gasteiger partial charge in [-0.3, -0.25) is 0 Å². The third kappa shape index (κ3) is 3.41. The van der Waals surface area contributed by atoms with E-state index in [1.807, 2.05) is 12.1 Å². The predicted molar refractivity (Wildman–Crippen MR) is 87.6 cm³/mol. The summed E-state index contributed by atoms with van der Waals surface area (Å²) in [5.41, 5.74) is 6.43. The van der Waals surface area contributed by atoms with E-state index in [0.29, 0.717) is 0 Å². The topological polar surface area (TPSA) is 12.0 Å². The monoisotopic (exact) mass is 287 g/mol. The van der Waals surface area contributed by atoms with Crippen LogP contribution in [0.25, 0.3) is 0 Å². The molecule has 0 aliphatic carbocycles. The lowest BCUT2D eigenvalue weighted by atomic mass is 9.93. The van der Waals surface area contributed by atoms with Crippen LogP contribution in [0.2, 0.25) is 5.02 Å². The summed E-state index contributed by atoms with van der Waals surface area (Å²) in [6.45, 7) is 9.48. The lowest BCUT2D eigenvalue weighted by Gasteiger charge is -2.22. The van der Waals surface area contributed by atoms with E-state index >= 15 is 0 Å². The van der Waals surface area contributed by atoms with Gasteiger partial charge in [0.25, 0.3) is 0 Å². The zero-order valence-corrected chi connectivity index (χ0v) is 13.4. The van der Waals surface area contributed by atoms with Crippen molar-refractivity contribution < 1.29 is 0 Å². The molecule has 1 atom stereocenters. The lowest BCUT2D eigenvalue weighted by Crippen LogP contribution is -2.23. The summed E-state index contributed by atoms with van der Waals surface area (Å²) in [5, 5.41) is 4.38. The minimum absolute atomic E-state index is 0.218. The van der Waals surface area contributed by atoms with Crippen LogP contribution in [0.3, 0.4) is 0 Å². The van der Waals surface area contributed by atoms with Gasteiger partial charge >= 0.3 is 0 Å². The van der Waals surface area contributed by atoms with Crippen LogP contribution in [-0.2, 0) is 0 Å². The third-order valence-corrected chi connectivity index (χ3v) is 3.76. The normalized spacial score (nSPS) is 12.4. The number of nitrogens with one attached hydrogen (secondary N) is 1. The fourth-order valence-electron chi connectivity index (χ4n) is 2.75. The zero-order valence-electron chi connectivity index (χ0n) is 12.6. The highest BCUT2D eigenvalue weighted by molar-refractivity contribution is 6.30. The van der Waals surface area contributed by atoms with Gasteiger partial charge in [0.1, 0.15) is 0 Å². The second-order valence-electron chi connectivity index (χ2n) is 5.41. The molecule has 0 aromatic heterocycles. The Bertz CT molecular complexity index is 584. The number of hydrogen-bond donors (Lipinski definition) is 1. The summed E-state index contributed by atoms with van der Waals surface area (Å²) >= 11 is 6.07. The van der Waals surface area contributed by atoms with E-state index in [1.54, 1.807) is 0 Å². The summed E-state index contributed by atoms with van der Waals surface area (Å²) in [4.78, 5) is 0.